The smallest absolute Gasteiger partial charge is 0.0570 e. The number of rotatable bonds is 5. The Morgan fingerprint density at radius 3 is 2.20 bits per heavy atom. The fourth-order valence-electron chi connectivity index (χ4n) is 4.78. The summed E-state index contributed by atoms with van der Waals surface area (Å²) in [5, 5.41) is 11.8. The van der Waals surface area contributed by atoms with Crippen LogP contribution in [-0.4, -0.2) is 27.2 Å². The number of hydrogen-bond donors (Lipinski definition) is 1. The third kappa shape index (κ3) is 3.91. The molecule has 3 nitrogen and oxygen atoms in total. The Morgan fingerprint density at radius 2 is 1.47 bits per heavy atom. The van der Waals surface area contributed by atoms with Crippen molar-refractivity contribution in [2.75, 3.05) is 6.54 Å². The molecule has 0 spiro atoms. The minimum Gasteiger partial charge on any atom is -0.393 e. The van der Waals surface area contributed by atoms with Gasteiger partial charge >= 0.3 is 0 Å². The lowest BCUT2D eigenvalue weighted by Crippen LogP contribution is -2.38. The Bertz CT molecular complexity index is 1100. The number of aromatic nitrogens is 1. The van der Waals surface area contributed by atoms with Gasteiger partial charge in [-0.25, -0.2) is 0 Å². The lowest BCUT2D eigenvalue weighted by atomic mass is 9.91. The molecule has 2 atom stereocenters. The van der Waals surface area contributed by atoms with Gasteiger partial charge in [-0.3, -0.25) is 4.90 Å². The predicted octanol–water partition coefficient (Wildman–Crippen LogP) is 5.39. The maximum atomic E-state index is 10.5. The maximum absolute atomic E-state index is 10.5. The summed E-state index contributed by atoms with van der Waals surface area (Å²) in [6.07, 6.45) is 3.59. The first-order chi connectivity index (χ1) is 14.8. The average molecular weight is 397 g/mol. The second-order valence-electron chi connectivity index (χ2n) is 8.36. The van der Waals surface area contributed by atoms with Crippen LogP contribution >= 0.6 is 0 Å². The van der Waals surface area contributed by atoms with Crippen molar-refractivity contribution in [2.45, 2.75) is 38.1 Å². The topological polar surface area (TPSA) is 28.4 Å². The first kappa shape index (κ1) is 19.1. The first-order valence-electron chi connectivity index (χ1n) is 10.9. The highest BCUT2D eigenvalue weighted by molar-refractivity contribution is 5.84. The fourth-order valence-corrected chi connectivity index (χ4v) is 4.78. The van der Waals surface area contributed by atoms with E-state index in [9.17, 15) is 5.11 Å². The molecule has 2 unspecified atom stereocenters. The van der Waals surface area contributed by atoms with E-state index in [1.54, 1.807) is 0 Å². The van der Waals surface area contributed by atoms with Gasteiger partial charge in [0.15, 0.2) is 0 Å². The summed E-state index contributed by atoms with van der Waals surface area (Å²) in [5.74, 6) is 0. The Balaban J connectivity index is 1.48. The van der Waals surface area contributed by atoms with E-state index >= 15 is 0 Å². The SMILES string of the molecule is OC1CCN(Cc2ccccc2)C(c2cccc3c2ccn3Cc2ccccc2)C1. The average Bonchev–Trinajstić information content (AvgIpc) is 3.19. The summed E-state index contributed by atoms with van der Waals surface area (Å²) in [6, 6.07) is 30.4. The molecular weight excluding hydrogens is 368 g/mol. The third-order valence-corrected chi connectivity index (χ3v) is 6.32. The van der Waals surface area contributed by atoms with Crippen LogP contribution in [0.25, 0.3) is 10.9 Å². The molecule has 1 aromatic heterocycles. The zero-order valence-electron chi connectivity index (χ0n) is 17.2. The van der Waals surface area contributed by atoms with Crippen molar-refractivity contribution in [1.29, 1.82) is 0 Å². The molecule has 1 aliphatic rings. The van der Waals surface area contributed by atoms with Crippen molar-refractivity contribution in [3.8, 4) is 0 Å². The maximum Gasteiger partial charge on any atom is 0.0570 e. The van der Waals surface area contributed by atoms with Crippen LogP contribution in [0.1, 0.15) is 35.6 Å². The van der Waals surface area contributed by atoms with E-state index in [1.807, 2.05) is 0 Å². The standard InChI is InChI=1S/C27H28N2O/c30-23-14-16-29(20-22-10-5-2-6-11-22)27(18-23)24-12-7-13-26-25(24)15-17-28(26)19-21-8-3-1-4-9-21/h1-13,15,17,23,27,30H,14,16,18-20H2. The van der Waals surface area contributed by atoms with Gasteiger partial charge in [0.1, 0.15) is 0 Å². The first-order valence-corrected chi connectivity index (χ1v) is 10.9. The van der Waals surface area contributed by atoms with Gasteiger partial charge in [-0.05, 0) is 41.7 Å². The van der Waals surface area contributed by atoms with Gasteiger partial charge in [0.2, 0.25) is 0 Å². The monoisotopic (exact) mass is 396 g/mol. The fraction of sp³-hybridized carbons (Fsp3) is 0.259. The molecule has 0 saturated carbocycles. The summed E-state index contributed by atoms with van der Waals surface area (Å²) in [7, 11) is 0. The number of nitrogens with zero attached hydrogens (tertiary/aromatic N) is 2. The van der Waals surface area contributed by atoms with Crippen LogP contribution in [0.2, 0.25) is 0 Å². The van der Waals surface area contributed by atoms with Crippen molar-refractivity contribution < 1.29 is 5.11 Å². The van der Waals surface area contributed by atoms with Crippen molar-refractivity contribution in [2.24, 2.45) is 0 Å². The van der Waals surface area contributed by atoms with E-state index < -0.39 is 0 Å². The van der Waals surface area contributed by atoms with Gasteiger partial charge in [-0.1, -0.05) is 72.8 Å². The van der Waals surface area contributed by atoms with Gasteiger partial charge in [-0.2, -0.15) is 0 Å². The van der Waals surface area contributed by atoms with Gasteiger partial charge in [-0.15, -0.1) is 0 Å². The highest BCUT2D eigenvalue weighted by Gasteiger charge is 2.30. The van der Waals surface area contributed by atoms with Crippen LogP contribution < -0.4 is 0 Å². The lowest BCUT2D eigenvalue weighted by Gasteiger charge is -2.38. The Morgan fingerprint density at radius 1 is 0.767 bits per heavy atom. The number of benzene rings is 3. The molecule has 30 heavy (non-hydrogen) atoms. The molecule has 2 heterocycles. The number of fused-ring (bicyclic) bond motifs is 1. The number of hydrogen-bond acceptors (Lipinski definition) is 2. The highest BCUT2D eigenvalue weighted by atomic mass is 16.3. The molecule has 0 bridgehead atoms. The van der Waals surface area contributed by atoms with Crippen LogP contribution in [-0.2, 0) is 13.1 Å². The van der Waals surface area contributed by atoms with E-state index in [2.05, 4.69) is 101 Å². The molecule has 4 aromatic rings. The quantitative estimate of drug-likeness (QED) is 0.490. The molecule has 1 saturated heterocycles. The summed E-state index contributed by atoms with van der Waals surface area (Å²) in [4.78, 5) is 2.53. The van der Waals surface area contributed by atoms with Gasteiger partial charge in [0.25, 0.3) is 0 Å². The Labute approximate surface area is 178 Å². The third-order valence-electron chi connectivity index (χ3n) is 6.32. The molecule has 3 aromatic carbocycles. The minimum atomic E-state index is -0.233. The van der Waals surface area contributed by atoms with Gasteiger partial charge in [0.05, 0.1) is 6.10 Å². The molecule has 1 fully saturated rings. The molecule has 152 valence electrons. The molecule has 5 rings (SSSR count). The summed E-state index contributed by atoms with van der Waals surface area (Å²) in [6.45, 7) is 2.70. The van der Waals surface area contributed by atoms with E-state index in [4.69, 9.17) is 0 Å². The molecule has 0 aliphatic carbocycles. The number of aliphatic hydroxyl groups excluding tert-OH is 1. The molecule has 1 N–H and O–H groups in total. The van der Waals surface area contributed by atoms with Gasteiger partial charge < -0.3 is 9.67 Å². The normalized spacial score (nSPS) is 19.9. The summed E-state index contributed by atoms with van der Waals surface area (Å²) >= 11 is 0. The summed E-state index contributed by atoms with van der Waals surface area (Å²) in [5.41, 5.74) is 5.22. The van der Waals surface area contributed by atoms with Crippen LogP contribution in [0, 0.1) is 0 Å². The number of aliphatic hydroxyl groups is 1. The molecular formula is C27H28N2O. The van der Waals surface area contributed by atoms with Crippen LogP contribution in [0.4, 0.5) is 0 Å². The number of piperidine rings is 1. The largest absolute Gasteiger partial charge is 0.393 e. The van der Waals surface area contributed by atoms with E-state index in [0.29, 0.717) is 0 Å². The molecule has 3 heteroatoms. The van der Waals surface area contributed by atoms with Gasteiger partial charge in [0, 0.05) is 42.8 Å². The zero-order valence-corrected chi connectivity index (χ0v) is 17.2. The molecule has 1 aliphatic heterocycles. The predicted molar refractivity (Wildman–Crippen MR) is 122 cm³/mol. The Kier molecular flexibility index (Phi) is 5.39. The van der Waals surface area contributed by atoms with Crippen LogP contribution in [0.15, 0.2) is 91.1 Å². The second-order valence-corrected chi connectivity index (χ2v) is 8.36. The second kappa shape index (κ2) is 8.47. The van der Waals surface area contributed by atoms with Crippen molar-refractivity contribution >= 4 is 10.9 Å². The van der Waals surface area contributed by atoms with Crippen molar-refractivity contribution in [3.05, 3.63) is 108 Å². The summed E-state index contributed by atoms with van der Waals surface area (Å²) < 4.78 is 2.33. The Hall–Kier alpha value is -2.88. The van der Waals surface area contributed by atoms with Crippen LogP contribution in [0.5, 0.6) is 0 Å². The minimum absolute atomic E-state index is 0.227. The molecule has 0 radical (unpaired) electrons. The highest BCUT2D eigenvalue weighted by Crippen LogP contribution is 2.36. The van der Waals surface area contributed by atoms with E-state index in [1.165, 1.54) is 27.6 Å². The van der Waals surface area contributed by atoms with E-state index in [-0.39, 0.29) is 12.1 Å². The number of likely N-dealkylation sites (tertiary alicyclic amines) is 1. The van der Waals surface area contributed by atoms with Crippen molar-refractivity contribution in [3.63, 3.8) is 0 Å². The van der Waals surface area contributed by atoms with E-state index in [0.717, 1.165) is 32.5 Å². The molecule has 0 amide bonds. The lowest BCUT2D eigenvalue weighted by molar-refractivity contribution is 0.0369. The van der Waals surface area contributed by atoms with Crippen LogP contribution in [0.3, 0.4) is 0 Å². The zero-order chi connectivity index (χ0) is 20.3. The van der Waals surface area contributed by atoms with Crippen molar-refractivity contribution in [1.82, 2.24) is 9.47 Å².